The van der Waals surface area contributed by atoms with Crippen LogP contribution in [0, 0.1) is 0 Å². The van der Waals surface area contributed by atoms with Crippen molar-refractivity contribution in [1.29, 1.82) is 0 Å². The van der Waals surface area contributed by atoms with Gasteiger partial charge in [0.1, 0.15) is 17.6 Å². The van der Waals surface area contributed by atoms with Crippen LogP contribution in [0.25, 0.3) is 22.3 Å². The predicted molar refractivity (Wildman–Crippen MR) is 102 cm³/mol. The molecule has 0 radical (unpaired) electrons. The molecule has 7 nitrogen and oxygen atoms in total. The van der Waals surface area contributed by atoms with E-state index in [1.165, 1.54) is 7.11 Å². The van der Waals surface area contributed by atoms with E-state index in [0.717, 1.165) is 10.9 Å². The topological polar surface area (TPSA) is 96.4 Å². The molecule has 2 heterocycles. The molecule has 3 N–H and O–H groups in total. The minimum Gasteiger partial charge on any atom is -0.507 e. The summed E-state index contributed by atoms with van der Waals surface area (Å²) in [5.41, 5.74) is 1.35. The number of phenolic OH excluding ortho intramolecular Hbond substituents is 1. The number of fused-ring (bicyclic) bond motifs is 1. The molecule has 4 rings (SSSR count). The second-order valence-corrected chi connectivity index (χ2v) is 6.49. The van der Waals surface area contributed by atoms with Crippen LogP contribution in [-0.2, 0) is 9.53 Å². The Kier molecular flexibility index (Phi) is 4.60. The number of phenols is 1. The summed E-state index contributed by atoms with van der Waals surface area (Å²) in [4.78, 5) is 21.0. The molecule has 27 heavy (non-hydrogen) atoms. The molecule has 0 saturated carbocycles. The lowest BCUT2D eigenvalue weighted by Crippen LogP contribution is -2.31. The first-order valence-corrected chi connectivity index (χ1v) is 8.78. The van der Waals surface area contributed by atoms with E-state index in [1.54, 1.807) is 18.2 Å². The number of ether oxygens (including phenoxy) is 1. The number of para-hydroxylation sites is 2. The maximum Gasteiger partial charge on any atom is 0.322 e. The van der Waals surface area contributed by atoms with Crippen LogP contribution in [-0.4, -0.2) is 46.8 Å². The Bertz CT molecular complexity index is 992. The number of esters is 1. The second kappa shape index (κ2) is 7.20. The Morgan fingerprint density at radius 3 is 2.78 bits per heavy atom. The number of benzene rings is 2. The zero-order chi connectivity index (χ0) is 18.8. The van der Waals surface area contributed by atoms with E-state index in [9.17, 15) is 9.90 Å². The average molecular weight is 364 g/mol. The lowest BCUT2D eigenvalue weighted by atomic mass is 10.1. The normalized spacial score (nSPS) is 19.1. The van der Waals surface area contributed by atoms with Crippen LogP contribution in [0.4, 0.5) is 5.82 Å². The van der Waals surface area contributed by atoms with Gasteiger partial charge >= 0.3 is 5.97 Å². The van der Waals surface area contributed by atoms with Crippen LogP contribution in [0.2, 0.25) is 0 Å². The highest BCUT2D eigenvalue weighted by atomic mass is 16.5. The lowest BCUT2D eigenvalue weighted by Gasteiger charge is -2.16. The van der Waals surface area contributed by atoms with Gasteiger partial charge in [0.2, 0.25) is 0 Å². The predicted octanol–water partition coefficient (Wildman–Crippen LogP) is 2.32. The number of anilines is 1. The van der Waals surface area contributed by atoms with Crippen molar-refractivity contribution in [3.05, 3.63) is 48.5 Å². The van der Waals surface area contributed by atoms with Crippen molar-refractivity contribution < 1.29 is 14.6 Å². The molecule has 3 aromatic rings. The third kappa shape index (κ3) is 3.41. The summed E-state index contributed by atoms with van der Waals surface area (Å²) in [6, 6.07) is 14.4. The van der Waals surface area contributed by atoms with Crippen LogP contribution >= 0.6 is 0 Å². The largest absolute Gasteiger partial charge is 0.507 e. The molecule has 0 aliphatic carbocycles. The van der Waals surface area contributed by atoms with Crippen molar-refractivity contribution in [2.45, 2.75) is 18.5 Å². The fraction of sp³-hybridized carbons (Fsp3) is 0.250. The fourth-order valence-electron chi connectivity index (χ4n) is 3.33. The second-order valence-electron chi connectivity index (χ2n) is 6.49. The van der Waals surface area contributed by atoms with E-state index in [0.29, 0.717) is 30.2 Å². The summed E-state index contributed by atoms with van der Waals surface area (Å²) in [5, 5.41) is 17.6. The molecule has 0 unspecified atom stereocenters. The van der Waals surface area contributed by atoms with Crippen molar-refractivity contribution in [3.8, 4) is 17.1 Å². The zero-order valence-electron chi connectivity index (χ0n) is 14.8. The number of hydrogen-bond donors (Lipinski definition) is 3. The first-order valence-electron chi connectivity index (χ1n) is 8.78. The number of rotatable bonds is 4. The van der Waals surface area contributed by atoms with Gasteiger partial charge in [-0.15, -0.1) is 0 Å². The van der Waals surface area contributed by atoms with Gasteiger partial charge in [0.05, 0.1) is 18.2 Å². The van der Waals surface area contributed by atoms with Gasteiger partial charge in [0, 0.05) is 18.0 Å². The van der Waals surface area contributed by atoms with E-state index >= 15 is 0 Å². The summed E-state index contributed by atoms with van der Waals surface area (Å²) in [7, 11) is 1.39. The maximum atomic E-state index is 11.7. The average Bonchev–Trinajstić information content (AvgIpc) is 3.16. The van der Waals surface area contributed by atoms with Gasteiger partial charge in [0.25, 0.3) is 0 Å². The van der Waals surface area contributed by atoms with E-state index in [-0.39, 0.29) is 23.8 Å². The van der Waals surface area contributed by atoms with Gasteiger partial charge in [-0.05, 0) is 30.7 Å². The van der Waals surface area contributed by atoms with Crippen LogP contribution in [0.1, 0.15) is 6.42 Å². The Balaban J connectivity index is 1.70. The first-order chi connectivity index (χ1) is 13.2. The smallest absolute Gasteiger partial charge is 0.322 e. The quantitative estimate of drug-likeness (QED) is 0.611. The monoisotopic (exact) mass is 364 g/mol. The van der Waals surface area contributed by atoms with E-state index in [1.807, 2.05) is 30.3 Å². The highest BCUT2D eigenvalue weighted by molar-refractivity contribution is 5.91. The van der Waals surface area contributed by atoms with Crippen LogP contribution in [0.3, 0.4) is 0 Å². The molecule has 1 fully saturated rings. The highest BCUT2D eigenvalue weighted by Gasteiger charge is 2.30. The molecule has 7 heteroatoms. The number of aromatic hydroxyl groups is 1. The van der Waals surface area contributed by atoms with Crippen molar-refractivity contribution in [2.75, 3.05) is 19.0 Å². The Morgan fingerprint density at radius 2 is 1.96 bits per heavy atom. The summed E-state index contributed by atoms with van der Waals surface area (Å²) in [6.45, 7) is 0.629. The van der Waals surface area contributed by atoms with E-state index < -0.39 is 0 Å². The minimum absolute atomic E-state index is 0.0321. The molecular weight excluding hydrogens is 344 g/mol. The number of hydrogen-bond acceptors (Lipinski definition) is 7. The standard InChI is InChI=1S/C20H20N4O3/c1-27-20(26)16-10-12(11-21-16)22-18-13-6-2-4-8-15(13)23-19(24-18)14-7-3-5-9-17(14)25/h2-9,12,16,21,25H,10-11H2,1H3,(H,22,23,24)/t12-,16-/m0/s1. The molecule has 1 saturated heterocycles. The molecule has 0 bridgehead atoms. The van der Waals surface area contributed by atoms with Crippen molar-refractivity contribution >= 4 is 22.7 Å². The molecule has 1 aliphatic rings. The van der Waals surface area contributed by atoms with Crippen molar-refractivity contribution in [1.82, 2.24) is 15.3 Å². The Labute approximate surface area is 156 Å². The summed E-state index contributed by atoms with van der Waals surface area (Å²) >= 11 is 0. The van der Waals surface area contributed by atoms with Crippen molar-refractivity contribution in [3.63, 3.8) is 0 Å². The molecule has 2 aromatic carbocycles. The number of carbonyl (C=O) groups is 1. The SMILES string of the molecule is COC(=O)[C@@H]1C[C@H](Nc2nc(-c3ccccc3O)nc3ccccc23)CN1. The van der Waals surface area contributed by atoms with Gasteiger partial charge in [0.15, 0.2) is 5.82 Å². The Hall–Kier alpha value is -3.19. The van der Waals surface area contributed by atoms with Gasteiger partial charge in [-0.25, -0.2) is 9.97 Å². The molecule has 0 amide bonds. The van der Waals surface area contributed by atoms with Gasteiger partial charge < -0.3 is 20.5 Å². The number of nitrogens with one attached hydrogen (secondary N) is 2. The summed E-state index contributed by atoms with van der Waals surface area (Å²) in [6.07, 6.45) is 0.608. The number of methoxy groups -OCH3 is 1. The van der Waals surface area contributed by atoms with Crippen LogP contribution in [0.15, 0.2) is 48.5 Å². The summed E-state index contributed by atoms with van der Waals surface area (Å²) in [5.74, 6) is 0.995. The van der Waals surface area contributed by atoms with Crippen LogP contribution in [0.5, 0.6) is 5.75 Å². The molecule has 2 atom stereocenters. The number of aromatic nitrogens is 2. The van der Waals surface area contributed by atoms with E-state index in [4.69, 9.17) is 4.74 Å². The molecule has 138 valence electrons. The maximum absolute atomic E-state index is 11.7. The molecule has 1 aliphatic heterocycles. The third-order valence-electron chi connectivity index (χ3n) is 4.71. The Morgan fingerprint density at radius 1 is 1.19 bits per heavy atom. The molecule has 1 aromatic heterocycles. The van der Waals surface area contributed by atoms with Crippen molar-refractivity contribution in [2.24, 2.45) is 0 Å². The minimum atomic E-state index is -0.321. The summed E-state index contributed by atoms with van der Waals surface area (Å²) < 4.78 is 4.81. The van der Waals surface area contributed by atoms with Gasteiger partial charge in [-0.2, -0.15) is 0 Å². The molecular formula is C20H20N4O3. The van der Waals surface area contributed by atoms with Crippen LogP contribution < -0.4 is 10.6 Å². The van der Waals surface area contributed by atoms with Gasteiger partial charge in [-0.1, -0.05) is 24.3 Å². The van der Waals surface area contributed by atoms with E-state index in [2.05, 4.69) is 20.6 Å². The lowest BCUT2D eigenvalue weighted by molar-refractivity contribution is -0.142. The highest BCUT2D eigenvalue weighted by Crippen LogP contribution is 2.30. The first kappa shape index (κ1) is 17.2. The number of carbonyl (C=O) groups excluding carboxylic acids is 1. The van der Waals surface area contributed by atoms with Gasteiger partial charge in [-0.3, -0.25) is 4.79 Å². The molecule has 0 spiro atoms. The number of nitrogens with zero attached hydrogens (tertiary/aromatic N) is 2. The fourth-order valence-corrected chi connectivity index (χ4v) is 3.33. The zero-order valence-corrected chi connectivity index (χ0v) is 14.8. The third-order valence-corrected chi connectivity index (χ3v) is 4.71.